The number of para-hydroxylation sites is 2. The van der Waals surface area contributed by atoms with E-state index in [4.69, 9.17) is 9.47 Å². The molecule has 3 rings (SSSR count). The molecule has 1 heterocycles. The first-order chi connectivity index (χ1) is 12.4. The summed E-state index contributed by atoms with van der Waals surface area (Å²) < 4.78 is 12.0. The number of hydrogen-bond donors (Lipinski definition) is 1. The Hall–Kier alpha value is -2.49. The molecule has 1 N–H and O–H groups in total. The van der Waals surface area contributed by atoms with E-state index in [0.717, 1.165) is 29.0 Å². The number of hydrogen-bond acceptors (Lipinski definition) is 3. The first kappa shape index (κ1) is 18.3. The number of rotatable bonds is 5. The third-order valence-electron chi connectivity index (χ3n) is 4.72. The molecule has 0 bridgehead atoms. The van der Waals surface area contributed by atoms with Gasteiger partial charge in [0.1, 0.15) is 17.1 Å². The zero-order valence-electron chi connectivity index (χ0n) is 15.9. The van der Waals surface area contributed by atoms with Gasteiger partial charge < -0.3 is 14.8 Å². The quantitative estimate of drug-likeness (QED) is 0.865. The van der Waals surface area contributed by atoms with Gasteiger partial charge in [-0.15, -0.1) is 0 Å². The van der Waals surface area contributed by atoms with Crippen LogP contribution in [0, 0.1) is 0 Å². The first-order valence-corrected chi connectivity index (χ1v) is 9.22. The number of amides is 1. The average molecular weight is 353 g/mol. The molecule has 4 heteroatoms. The highest BCUT2D eigenvalue weighted by atomic mass is 16.5. The Kier molecular flexibility index (Phi) is 5.21. The molecule has 1 amide bonds. The summed E-state index contributed by atoms with van der Waals surface area (Å²) in [5.41, 5.74) is 1.79. The lowest BCUT2D eigenvalue weighted by molar-refractivity contribution is -0.128. The Bertz CT molecular complexity index is 784. The first-order valence-electron chi connectivity index (χ1n) is 9.22. The number of aryl methyl sites for hydroxylation is 1. The summed E-state index contributed by atoms with van der Waals surface area (Å²) in [5, 5.41) is 3.14. The monoisotopic (exact) mass is 353 g/mol. The van der Waals surface area contributed by atoms with Crippen molar-refractivity contribution in [3.05, 3.63) is 59.7 Å². The second-order valence-electron chi connectivity index (χ2n) is 7.39. The number of carbonyl (C=O) groups excluding carboxylic acids is 1. The maximum Gasteiger partial charge on any atom is 0.261 e. The van der Waals surface area contributed by atoms with E-state index in [1.165, 1.54) is 0 Å². The van der Waals surface area contributed by atoms with Gasteiger partial charge in [-0.2, -0.15) is 0 Å². The molecular formula is C22H27NO3. The van der Waals surface area contributed by atoms with Crippen molar-refractivity contribution in [2.45, 2.75) is 58.3 Å². The van der Waals surface area contributed by atoms with Crippen molar-refractivity contribution in [3.63, 3.8) is 0 Å². The second kappa shape index (κ2) is 7.40. The number of carbonyl (C=O) groups is 1. The van der Waals surface area contributed by atoms with Crippen LogP contribution in [0.25, 0.3) is 0 Å². The maximum absolute atomic E-state index is 12.8. The maximum atomic E-state index is 12.8. The van der Waals surface area contributed by atoms with Crippen LogP contribution in [0.5, 0.6) is 11.5 Å². The molecule has 0 unspecified atom stereocenters. The highest BCUT2D eigenvalue weighted by molar-refractivity contribution is 5.81. The lowest BCUT2D eigenvalue weighted by atomic mass is 9.89. The summed E-state index contributed by atoms with van der Waals surface area (Å²) in [5.74, 6) is 1.48. The van der Waals surface area contributed by atoms with Crippen LogP contribution >= 0.6 is 0 Å². The van der Waals surface area contributed by atoms with Gasteiger partial charge in [0.15, 0.2) is 6.10 Å². The Balaban J connectivity index is 1.73. The van der Waals surface area contributed by atoms with Gasteiger partial charge >= 0.3 is 0 Å². The van der Waals surface area contributed by atoms with Gasteiger partial charge in [0.2, 0.25) is 0 Å². The van der Waals surface area contributed by atoms with E-state index in [-0.39, 0.29) is 17.6 Å². The predicted octanol–water partition coefficient (Wildman–Crippen LogP) is 4.43. The molecule has 26 heavy (non-hydrogen) atoms. The molecule has 0 aromatic heterocycles. The Morgan fingerprint density at radius 1 is 1.23 bits per heavy atom. The molecule has 4 nitrogen and oxygen atoms in total. The fourth-order valence-corrected chi connectivity index (χ4v) is 3.37. The van der Waals surface area contributed by atoms with Crippen molar-refractivity contribution < 1.29 is 14.3 Å². The van der Waals surface area contributed by atoms with Gasteiger partial charge in [0.25, 0.3) is 5.91 Å². The van der Waals surface area contributed by atoms with E-state index < -0.39 is 6.10 Å². The number of fused-ring (bicyclic) bond motifs is 1. The number of benzene rings is 2. The van der Waals surface area contributed by atoms with Gasteiger partial charge in [0, 0.05) is 12.0 Å². The normalized spacial score (nSPS) is 19.0. The Morgan fingerprint density at radius 3 is 2.69 bits per heavy atom. The SMILES string of the molecule is CCc1ccccc1O[C@@H](C)C(=O)N[C@H]1CC(C)(C)Oc2ccccc21. The zero-order valence-corrected chi connectivity index (χ0v) is 15.9. The largest absolute Gasteiger partial charge is 0.487 e. The highest BCUT2D eigenvalue weighted by Crippen LogP contribution is 2.39. The van der Waals surface area contributed by atoms with Crippen LogP contribution < -0.4 is 14.8 Å². The summed E-state index contributed by atoms with van der Waals surface area (Å²) in [6, 6.07) is 15.6. The lowest BCUT2D eigenvalue weighted by Crippen LogP contribution is -2.44. The van der Waals surface area contributed by atoms with Gasteiger partial charge in [0.05, 0.1) is 6.04 Å². The average Bonchev–Trinajstić information content (AvgIpc) is 2.61. The predicted molar refractivity (Wildman–Crippen MR) is 103 cm³/mol. The van der Waals surface area contributed by atoms with E-state index >= 15 is 0 Å². The number of nitrogens with one attached hydrogen (secondary N) is 1. The van der Waals surface area contributed by atoms with Crippen LogP contribution in [0.3, 0.4) is 0 Å². The van der Waals surface area contributed by atoms with Crippen molar-refractivity contribution in [2.75, 3.05) is 0 Å². The smallest absolute Gasteiger partial charge is 0.261 e. The lowest BCUT2D eigenvalue weighted by Gasteiger charge is -2.38. The molecule has 138 valence electrons. The standard InChI is InChI=1S/C22H27NO3/c1-5-16-10-6-8-12-19(16)25-15(2)21(24)23-18-14-22(3,4)26-20-13-9-7-11-17(18)20/h6-13,15,18H,5,14H2,1-4H3,(H,23,24)/t15-,18-/m0/s1. The minimum Gasteiger partial charge on any atom is -0.487 e. The minimum absolute atomic E-state index is 0.0880. The molecule has 1 aliphatic rings. The topological polar surface area (TPSA) is 47.6 Å². The molecule has 0 spiro atoms. The molecule has 0 fully saturated rings. The molecule has 0 saturated carbocycles. The van der Waals surface area contributed by atoms with Crippen LogP contribution in [0.1, 0.15) is 51.3 Å². The minimum atomic E-state index is -0.569. The van der Waals surface area contributed by atoms with Crippen molar-refractivity contribution in [3.8, 4) is 11.5 Å². The number of ether oxygens (including phenoxy) is 2. The van der Waals surface area contributed by atoms with E-state index in [2.05, 4.69) is 12.2 Å². The van der Waals surface area contributed by atoms with E-state index in [0.29, 0.717) is 6.42 Å². The third-order valence-corrected chi connectivity index (χ3v) is 4.72. The van der Waals surface area contributed by atoms with Crippen molar-refractivity contribution in [2.24, 2.45) is 0 Å². The second-order valence-corrected chi connectivity index (χ2v) is 7.39. The van der Waals surface area contributed by atoms with E-state index in [1.54, 1.807) is 6.92 Å². The van der Waals surface area contributed by atoms with Crippen LogP contribution in [-0.2, 0) is 11.2 Å². The molecule has 2 aromatic carbocycles. The van der Waals surface area contributed by atoms with Crippen LogP contribution in [-0.4, -0.2) is 17.6 Å². The van der Waals surface area contributed by atoms with E-state index in [9.17, 15) is 4.79 Å². The molecule has 0 saturated heterocycles. The summed E-state index contributed by atoms with van der Waals surface area (Å²) >= 11 is 0. The molecule has 0 radical (unpaired) electrons. The molecule has 1 aliphatic heterocycles. The highest BCUT2D eigenvalue weighted by Gasteiger charge is 2.35. The molecular weight excluding hydrogens is 326 g/mol. The van der Waals surface area contributed by atoms with Crippen molar-refractivity contribution >= 4 is 5.91 Å². The van der Waals surface area contributed by atoms with Gasteiger partial charge in [-0.25, -0.2) is 0 Å². The molecule has 2 aromatic rings. The fourth-order valence-electron chi connectivity index (χ4n) is 3.37. The van der Waals surface area contributed by atoms with Crippen molar-refractivity contribution in [1.82, 2.24) is 5.32 Å². The third kappa shape index (κ3) is 4.01. The Morgan fingerprint density at radius 2 is 1.92 bits per heavy atom. The summed E-state index contributed by atoms with van der Waals surface area (Å²) in [7, 11) is 0. The van der Waals surface area contributed by atoms with Gasteiger partial charge in [-0.05, 0) is 44.9 Å². The Labute approximate surface area is 155 Å². The van der Waals surface area contributed by atoms with Crippen LogP contribution in [0.2, 0.25) is 0 Å². The van der Waals surface area contributed by atoms with E-state index in [1.807, 2.05) is 62.4 Å². The van der Waals surface area contributed by atoms with Crippen molar-refractivity contribution in [1.29, 1.82) is 0 Å². The fraction of sp³-hybridized carbons (Fsp3) is 0.409. The molecule has 0 aliphatic carbocycles. The van der Waals surface area contributed by atoms with Gasteiger partial charge in [-0.3, -0.25) is 4.79 Å². The summed E-state index contributed by atoms with van der Waals surface area (Å²) in [6.07, 6.45) is 1.01. The summed E-state index contributed by atoms with van der Waals surface area (Å²) in [6.45, 7) is 7.95. The zero-order chi connectivity index (χ0) is 18.7. The van der Waals surface area contributed by atoms with Crippen LogP contribution in [0.15, 0.2) is 48.5 Å². The van der Waals surface area contributed by atoms with Crippen LogP contribution in [0.4, 0.5) is 0 Å². The molecule has 2 atom stereocenters. The van der Waals surface area contributed by atoms with Gasteiger partial charge in [-0.1, -0.05) is 43.3 Å². The summed E-state index contributed by atoms with van der Waals surface area (Å²) in [4.78, 5) is 12.8.